The Balaban J connectivity index is 1.41. The SMILES string of the molecule is C=CCOc1ccc([C@@H]2C(C(=O)OCC)=C(C)N=c3s/c(=C\c4cn(CC(=O)Nc5ccc(F)cc5)c5ccccc45)c(=O)n32)cc1. The first kappa shape index (κ1) is 31.4. The smallest absolute Gasteiger partial charge is 0.338 e. The van der Waals surface area contributed by atoms with Gasteiger partial charge in [-0.15, -0.1) is 0 Å². The summed E-state index contributed by atoms with van der Waals surface area (Å²) in [7, 11) is 0. The lowest BCUT2D eigenvalue weighted by Crippen LogP contribution is -2.39. The average Bonchev–Trinajstić information content (AvgIpc) is 3.56. The van der Waals surface area contributed by atoms with Gasteiger partial charge in [-0.1, -0.05) is 54.3 Å². The molecule has 1 aliphatic rings. The summed E-state index contributed by atoms with van der Waals surface area (Å²) in [5, 5.41) is 3.64. The van der Waals surface area contributed by atoms with Crippen molar-refractivity contribution in [3.63, 3.8) is 0 Å². The minimum Gasteiger partial charge on any atom is -0.490 e. The molecule has 0 radical (unpaired) electrons. The lowest BCUT2D eigenvalue weighted by Gasteiger charge is -2.24. The molecule has 0 spiro atoms. The van der Waals surface area contributed by atoms with E-state index in [1.807, 2.05) is 42.6 Å². The van der Waals surface area contributed by atoms with E-state index in [9.17, 15) is 18.8 Å². The molecular weight excluding hydrogens is 619 g/mol. The molecule has 0 fully saturated rings. The van der Waals surface area contributed by atoms with Crippen LogP contribution in [0.25, 0.3) is 17.0 Å². The number of para-hydroxylation sites is 1. The molecule has 1 aliphatic heterocycles. The number of benzene rings is 3. The van der Waals surface area contributed by atoms with Crippen LogP contribution in [0.2, 0.25) is 0 Å². The highest BCUT2D eigenvalue weighted by atomic mass is 32.1. The van der Waals surface area contributed by atoms with Gasteiger partial charge in [-0.3, -0.25) is 14.2 Å². The largest absolute Gasteiger partial charge is 0.490 e. The zero-order valence-corrected chi connectivity index (χ0v) is 26.6. The third kappa shape index (κ3) is 6.43. The number of carbonyl (C=O) groups is 2. The van der Waals surface area contributed by atoms with Crippen LogP contribution in [0.15, 0.2) is 113 Å². The minimum absolute atomic E-state index is 0.00157. The summed E-state index contributed by atoms with van der Waals surface area (Å²) in [5.41, 5.74) is 3.17. The van der Waals surface area contributed by atoms with Gasteiger partial charge in [0.05, 0.1) is 28.5 Å². The zero-order valence-electron chi connectivity index (χ0n) is 25.7. The number of anilines is 1. The molecule has 3 aromatic carbocycles. The van der Waals surface area contributed by atoms with Crippen molar-refractivity contribution in [2.24, 2.45) is 4.99 Å². The van der Waals surface area contributed by atoms with Gasteiger partial charge in [0, 0.05) is 28.4 Å². The van der Waals surface area contributed by atoms with Gasteiger partial charge in [0.25, 0.3) is 5.56 Å². The number of aromatic nitrogens is 2. The van der Waals surface area contributed by atoms with Crippen LogP contribution in [0, 0.1) is 5.82 Å². The van der Waals surface area contributed by atoms with Crippen molar-refractivity contribution in [3.8, 4) is 5.75 Å². The van der Waals surface area contributed by atoms with E-state index in [4.69, 9.17) is 9.47 Å². The maximum absolute atomic E-state index is 14.2. The monoisotopic (exact) mass is 650 g/mol. The van der Waals surface area contributed by atoms with Crippen LogP contribution in [0.3, 0.4) is 0 Å². The molecule has 1 atom stereocenters. The maximum Gasteiger partial charge on any atom is 0.338 e. The molecule has 1 N–H and O–H groups in total. The van der Waals surface area contributed by atoms with E-state index in [1.54, 1.807) is 42.7 Å². The molecule has 0 bridgehead atoms. The lowest BCUT2D eigenvalue weighted by atomic mass is 9.96. The fourth-order valence-corrected chi connectivity index (χ4v) is 6.60. The molecule has 0 saturated heterocycles. The number of hydrogen-bond donors (Lipinski definition) is 1. The first-order chi connectivity index (χ1) is 22.8. The van der Waals surface area contributed by atoms with Crippen molar-refractivity contribution in [2.75, 3.05) is 18.5 Å². The predicted molar refractivity (Wildman–Crippen MR) is 180 cm³/mol. The van der Waals surface area contributed by atoms with Gasteiger partial charge in [0.15, 0.2) is 4.80 Å². The van der Waals surface area contributed by atoms with Crippen LogP contribution in [-0.4, -0.2) is 34.2 Å². The Morgan fingerprint density at radius 1 is 1.09 bits per heavy atom. The van der Waals surface area contributed by atoms with Crippen molar-refractivity contribution in [2.45, 2.75) is 26.4 Å². The van der Waals surface area contributed by atoms with E-state index in [0.29, 0.717) is 38.6 Å². The first-order valence-corrected chi connectivity index (χ1v) is 15.8. The second-order valence-corrected chi connectivity index (χ2v) is 11.8. The quantitative estimate of drug-likeness (QED) is 0.168. The Morgan fingerprint density at radius 3 is 2.55 bits per heavy atom. The minimum atomic E-state index is -0.766. The number of halogens is 1. The molecule has 0 saturated carbocycles. The Kier molecular flexibility index (Phi) is 8.99. The third-order valence-electron chi connectivity index (χ3n) is 7.63. The van der Waals surface area contributed by atoms with E-state index in [0.717, 1.165) is 16.5 Å². The Bertz CT molecular complexity index is 2210. The molecule has 6 rings (SSSR count). The van der Waals surface area contributed by atoms with E-state index in [1.165, 1.54) is 40.2 Å². The summed E-state index contributed by atoms with van der Waals surface area (Å²) in [6, 6.07) is 19.6. The maximum atomic E-state index is 14.2. The molecule has 3 heterocycles. The molecule has 5 aromatic rings. The summed E-state index contributed by atoms with van der Waals surface area (Å²) in [4.78, 5) is 45.4. The third-order valence-corrected chi connectivity index (χ3v) is 8.61. The number of nitrogens with one attached hydrogen (secondary N) is 1. The number of nitrogens with zero attached hydrogens (tertiary/aromatic N) is 3. The Morgan fingerprint density at radius 2 is 1.83 bits per heavy atom. The van der Waals surface area contributed by atoms with Crippen molar-refractivity contribution >= 4 is 45.9 Å². The van der Waals surface area contributed by atoms with Gasteiger partial charge in [0.1, 0.15) is 24.7 Å². The number of thiazole rings is 1. The molecule has 1 amide bonds. The first-order valence-electron chi connectivity index (χ1n) is 14.9. The molecule has 0 unspecified atom stereocenters. The summed E-state index contributed by atoms with van der Waals surface area (Å²) >= 11 is 1.22. The molecule has 0 aliphatic carbocycles. The van der Waals surface area contributed by atoms with Gasteiger partial charge in [-0.05, 0) is 68.0 Å². The van der Waals surface area contributed by atoms with Crippen LogP contribution in [0.4, 0.5) is 10.1 Å². The Hall–Kier alpha value is -5.55. The van der Waals surface area contributed by atoms with Crippen molar-refractivity contribution in [1.29, 1.82) is 0 Å². The van der Waals surface area contributed by atoms with Gasteiger partial charge in [0.2, 0.25) is 5.91 Å². The second-order valence-electron chi connectivity index (χ2n) is 10.8. The summed E-state index contributed by atoms with van der Waals surface area (Å²) in [5.74, 6) is -0.588. The summed E-state index contributed by atoms with van der Waals surface area (Å²) in [6.45, 7) is 7.66. The van der Waals surface area contributed by atoms with Crippen molar-refractivity contribution in [1.82, 2.24) is 9.13 Å². The van der Waals surface area contributed by atoms with Crippen LogP contribution in [0.1, 0.15) is 31.0 Å². The zero-order chi connectivity index (χ0) is 33.1. The molecule has 238 valence electrons. The number of carbonyl (C=O) groups excluding carboxylic acids is 2. The van der Waals surface area contributed by atoms with E-state index in [-0.39, 0.29) is 36.0 Å². The van der Waals surface area contributed by atoms with Crippen LogP contribution < -0.4 is 24.9 Å². The number of allylic oxidation sites excluding steroid dienone is 1. The highest BCUT2D eigenvalue weighted by molar-refractivity contribution is 7.07. The average molecular weight is 651 g/mol. The van der Waals surface area contributed by atoms with Crippen LogP contribution >= 0.6 is 11.3 Å². The molecule has 2 aromatic heterocycles. The topological polar surface area (TPSA) is 104 Å². The number of amides is 1. The Labute approximate surface area is 273 Å². The number of hydrogen-bond acceptors (Lipinski definition) is 7. The summed E-state index contributed by atoms with van der Waals surface area (Å²) < 4.78 is 28.1. The lowest BCUT2D eigenvalue weighted by molar-refractivity contribution is -0.139. The summed E-state index contributed by atoms with van der Waals surface area (Å²) in [6.07, 6.45) is 5.26. The van der Waals surface area contributed by atoms with Gasteiger partial charge < -0.3 is 19.4 Å². The number of ether oxygens (including phenoxy) is 2. The normalized spacial score (nSPS) is 14.4. The number of esters is 1. The molecule has 11 heteroatoms. The predicted octanol–water partition coefficient (Wildman–Crippen LogP) is 5.10. The molecular formula is C36H31FN4O5S. The number of rotatable bonds is 10. The van der Waals surface area contributed by atoms with E-state index < -0.39 is 12.0 Å². The molecule has 47 heavy (non-hydrogen) atoms. The fourth-order valence-electron chi connectivity index (χ4n) is 5.56. The fraction of sp³-hybridized carbons (Fsp3) is 0.167. The highest BCUT2D eigenvalue weighted by Gasteiger charge is 2.33. The molecule has 9 nitrogen and oxygen atoms in total. The van der Waals surface area contributed by atoms with Gasteiger partial charge in [-0.25, -0.2) is 14.2 Å². The number of fused-ring (bicyclic) bond motifs is 2. The standard InChI is InChI=1S/C36H31FN4O5S/c1-4-18-46-27-16-10-23(11-17-27)33-32(35(44)45-5-2)22(3)38-36-41(33)34(43)30(47-36)19-24-20-40(29-9-7-6-8-28(24)29)21-31(42)39-26-14-12-25(37)13-15-26/h4,6-17,19-20,33H,1,5,18,21H2,2-3H3,(H,39,42)/b30-19-/t33-/m1/s1. The van der Waals surface area contributed by atoms with Crippen LogP contribution in [0.5, 0.6) is 5.75 Å². The van der Waals surface area contributed by atoms with Crippen molar-refractivity contribution in [3.05, 3.63) is 140 Å². The highest BCUT2D eigenvalue weighted by Crippen LogP contribution is 2.32. The van der Waals surface area contributed by atoms with Crippen LogP contribution in [-0.2, 0) is 20.9 Å². The van der Waals surface area contributed by atoms with Gasteiger partial charge >= 0.3 is 5.97 Å². The van der Waals surface area contributed by atoms with Crippen molar-refractivity contribution < 1.29 is 23.5 Å². The van der Waals surface area contributed by atoms with Gasteiger partial charge in [-0.2, -0.15) is 0 Å². The van der Waals surface area contributed by atoms with E-state index >= 15 is 0 Å². The second kappa shape index (κ2) is 13.4. The van der Waals surface area contributed by atoms with E-state index in [2.05, 4.69) is 16.9 Å².